The fraction of sp³-hybridized carbons (Fsp3) is 0.500. The number of alkyl halides is 3. The van der Waals surface area contributed by atoms with Crippen molar-refractivity contribution in [2.75, 3.05) is 4.90 Å². The maximum atomic E-state index is 12.8. The van der Waals surface area contributed by atoms with Crippen molar-refractivity contribution in [3.63, 3.8) is 0 Å². The molecule has 1 saturated heterocycles. The van der Waals surface area contributed by atoms with E-state index in [9.17, 15) is 27.9 Å². The van der Waals surface area contributed by atoms with Gasteiger partial charge < -0.3 is 5.11 Å². The summed E-state index contributed by atoms with van der Waals surface area (Å²) in [6, 6.07) is 4.26. The standard InChI is InChI=1S/C16H14F3NO3/c17-16(18,19)8-2-1-3-9(6-8)20-14(22)12-7-4-10(11(21)5-7)13(12)15(20)23/h1-3,6-7,10-13,21H,4-5H2. The number of carbonyl (C=O) groups is 2. The number of anilines is 1. The molecule has 3 aliphatic rings. The van der Waals surface area contributed by atoms with Crippen molar-refractivity contribution in [1.29, 1.82) is 0 Å². The van der Waals surface area contributed by atoms with Crippen LogP contribution in [0.2, 0.25) is 0 Å². The molecule has 5 atom stereocenters. The van der Waals surface area contributed by atoms with E-state index in [1.54, 1.807) is 0 Å². The zero-order valence-electron chi connectivity index (χ0n) is 12.0. The van der Waals surface area contributed by atoms with Gasteiger partial charge in [-0.3, -0.25) is 14.5 Å². The molecule has 2 amide bonds. The summed E-state index contributed by atoms with van der Waals surface area (Å²) in [6.45, 7) is 0. The number of rotatable bonds is 1. The van der Waals surface area contributed by atoms with Crippen LogP contribution in [0.25, 0.3) is 0 Å². The molecule has 23 heavy (non-hydrogen) atoms. The number of hydrogen-bond acceptors (Lipinski definition) is 3. The molecule has 0 spiro atoms. The fourth-order valence-electron chi connectivity index (χ4n) is 4.50. The third-order valence-corrected chi connectivity index (χ3v) is 5.41. The number of benzene rings is 1. The van der Waals surface area contributed by atoms with Gasteiger partial charge in [0.2, 0.25) is 11.8 Å². The van der Waals surface area contributed by atoms with Crippen LogP contribution in [0.3, 0.4) is 0 Å². The van der Waals surface area contributed by atoms with E-state index in [0.717, 1.165) is 17.0 Å². The van der Waals surface area contributed by atoms with Crippen LogP contribution >= 0.6 is 0 Å². The summed E-state index contributed by atoms with van der Waals surface area (Å²) in [5.74, 6) is -2.30. The van der Waals surface area contributed by atoms with Crippen LogP contribution in [0.4, 0.5) is 18.9 Å². The molecule has 0 aromatic heterocycles. The summed E-state index contributed by atoms with van der Waals surface area (Å²) >= 11 is 0. The second kappa shape index (κ2) is 4.56. The minimum absolute atomic E-state index is 0.0434. The molecule has 2 aliphatic carbocycles. The van der Waals surface area contributed by atoms with Crippen molar-refractivity contribution in [3.8, 4) is 0 Å². The Morgan fingerprint density at radius 2 is 1.78 bits per heavy atom. The van der Waals surface area contributed by atoms with Crippen LogP contribution < -0.4 is 4.90 Å². The first-order valence-electron chi connectivity index (χ1n) is 7.52. The molecule has 1 aromatic carbocycles. The average molecular weight is 325 g/mol. The zero-order chi connectivity index (χ0) is 16.5. The molecule has 1 heterocycles. The van der Waals surface area contributed by atoms with Crippen molar-refractivity contribution < 1.29 is 27.9 Å². The largest absolute Gasteiger partial charge is 0.416 e. The van der Waals surface area contributed by atoms with Gasteiger partial charge in [-0.15, -0.1) is 0 Å². The van der Waals surface area contributed by atoms with Crippen LogP contribution in [0.15, 0.2) is 24.3 Å². The predicted molar refractivity (Wildman–Crippen MR) is 73.1 cm³/mol. The summed E-state index contributed by atoms with van der Waals surface area (Å²) in [7, 11) is 0. The van der Waals surface area contributed by atoms with Gasteiger partial charge in [-0.1, -0.05) is 6.07 Å². The van der Waals surface area contributed by atoms with Gasteiger partial charge in [0.05, 0.1) is 29.2 Å². The highest BCUT2D eigenvalue weighted by molar-refractivity contribution is 6.22. The van der Waals surface area contributed by atoms with E-state index < -0.39 is 41.5 Å². The SMILES string of the molecule is O=C1C2C3CC(O)C(C3)C2C(=O)N1c1cccc(C(F)(F)F)c1. The number of halogens is 3. The van der Waals surface area contributed by atoms with E-state index in [1.807, 2.05) is 0 Å². The van der Waals surface area contributed by atoms with Gasteiger partial charge in [-0.05, 0) is 42.9 Å². The van der Waals surface area contributed by atoms with Gasteiger partial charge in [-0.25, -0.2) is 0 Å². The number of carbonyl (C=O) groups excluding carboxylic acids is 2. The van der Waals surface area contributed by atoms with Crippen LogP contribution in [0.5, 0.6) is 0 Å². The Morgan fingerprint density at radius 3 is 2.48 bits per heavy atom. The molecule has 4 rings (SSSR count). The number of hydrogen-bond donors (Lipinski definition) is 1. The van der Waals surface area contributed by atoms with Gasteiger partial charge in [0, 0.05) is 0 Å². The Bertz CT molecular complexity index is 702. The van der Waals surface area contributed by atoms with E-state index >= 15 is 0 Å². The third kappa shape index (κ3) is 1.95. The normalized spacial score (nSPS) is 36.0. The van der Waals surface area contributed by atoms with Crippen molar-refractivity contribution in [2.45, 2.75) is 25.1 Å². The number of aliphatic hydroxyl groups is 1. The monoisotopic (exact) mass is 325 g/mol. The van der Waals surface area contributed by atoms with Crippen molar-refractivity contribution in [3.05, 3.63) is 29.8 Å². The van der Waals surface area contributed by atoms with Gasteiger partial charge >= 0.3 is 6.18 Å². The van der Waals surface area contributed by atoms with Crippen LogP contribution in [0, 0.1) is 23.7 Å². The number of nitrogens with zero attached hydrogens (tertiary/aromatic N) is 1. The molecule has 4 nitrogen and oxygen atoms in total. The topological polar surface area (TPSA) is 57.6 Å². The van der Waals surface area contributed by atoms with E-state index in [-0.39, 0.29) is 17.5 Å². The molecule has 2 saturated carbocycles. The lowest BCUT2D eigenvalue weighted by molar-refractivity contribution is -0.137. The number of amides is 2. The van der Waals surface area contributed by atoms with Gasteiger partial charge in [0.1, 0.15) is 0 Å². The van der Waals surface area contributed by atoms with E-state index in [2.05, 4.69) is 0 Å². The predicted octanol–water partition coefficient (Wildman–Crippen LogP) is 2.21. The summed E-state index contributed by atoms with van der Waals surface area (Å²) < 4.78 is 38.5. The summed E-state index contributed by atoms with van der Waals surface area (Å²) in [6.07, 6.45) is -4.00. The van der Waals surface area contributed by atoms with E-state index in [4.69, 9.17) is 0 Å². The highest BCUT2D eigenvalue weighted by Gasteiger charge is 2.63. The molecule has 0 radical (unpaired) electrons. The van der Waals surface area contributed by atoms with Crippen molar-refractivity contribution in [1.82, 2.24) is 0 Å². The van der Waals surface area contributed by atoms with E-state index in [1.165, 1.54) is 12.1 Å². The number of imide groups is 1. The van der Waals surface area contributed by atoms with Gasteiger partial charge in [0.15, 0.2) is 0 Å². The highest BCUT2D eigenvalue weighted by atomic mass is 19.4. The molecule has 1 N–H and O–H groups in total. The van der Waals surface area contributed by atoms with Gasteiger partial charge in [-0.2, -0.15) is 13.2 Å². The Kier molecular flexibility index (Phi) is 2.91. The number of fused-ring (bicyclic) bond motifs is 5. The highest BCUT2D eigenvalue weighted by Crippen LogP contribution is 2.56. The minimum Gasteiger partial charge on any atom is -0.393 e. The maximum Gasteiger partial charge on any atom is 0.416 e. The molecule has 3 fully saturated rings. The zero-order valence-corrected chi connectivity index (χ0v) is 12.0. The first-order valence-corrected chi connectivity index (χ1v) is 7.52. The number of aliphatic hydroxyl groups excluding tert-OH is 1. The van der Waals surface area contributed by atoms with E-state index in [0.29, 0.717) is 12.8 Å². The molecular formula is C16H14F3NO3. The van der Waals surface area contributed by atoms with Crippen molar-refractivity contribution in [2.24, 2.45) is 23.7 Å². The lowest BCUT2D eigenvalue weighted by Crippen LogP contribution is -2.34. The molecular weight excluding hydrogens is 311 g/mol. The first-order chi connectivity index (χ1) is 10.8. The second-order valence-corrected chi connectivity index (χ2v) is 6.57. The first kappa shape index (κ1) is 14.7. The Hall–Kier alpha value is -1.89. The van der Waals surface area contributed by atoms with Crippen LogP contribution in [-0.2, 0) is 15.8 Å². The molecule has 7 heteroatoms. The Balaban J connectivity index is 1.72. The summed E-state index contributed by atoms with van der Waals surface area (Å²) in [5.41, 5.74) is -0.936. The average Bonchev–Trinajstić information content (AvgIpc) is 3.10. The molecule has 2 bridgehead atoms. The summed E-state index contributed by atoms with van der Waals surface area (Å²) in [5, 5.41) is 9.95. The third-order valence-electron chi connectivity index (χ3n) is 5.41. The lowest BCUT2D eigenvalue weighted by Gasteiger charge is -2.24. The smallest absolute Gasteiger partial charge is 0.393 e. The van der Waals surface area contributed by atoms with Gasteiger partial charge in [0.25, 0.3) is 0 Å². The van der Waals surface area contributed by atoms with Crippen LogP contribution in [-0.4, -0.2) is 23.0 Å². The molecule has 1 aromatic rings. The second-order valence-electron chi connectivity index (χ2n) is 6.57. The maximum absolute atomic E-state index is 12.8. The molecule has 1 aliphatic heterocycles. The van der Waals surface area contributed by atoms with Crippen molar-refractivity contribution >= 4 is 17.5 Å². The fourth-order valence-corrected chi connectivity index (χ4v) is 4.50. The Labute approximate surface area is 129 Å². The Morgan fingerprint density at radius 1 is 1.09 bits per heavy atom. The molecule has 5 unspecified atom stereocenters. The van der Waals surface area contributed by atoms with Crippen LogP contribution in [0.1, 0.15) is 18.4 Å². The molecule has 122 valence electrons. The minimum atomic E-state index is -4.53. The lowest BCUT2D eigenvalue weighted by atomic mass is 9.80. The quantitative estimate of drug-likeness (QED) is 0.806. The summed E-state index contributed by atoms with van der Waals surface area (Å²) in [4.78, 5) is 26.1.